The zero-order valence-corrected chi connectivity index (χ0v) is 15.7. The van der Waals surface area contributed by atoms with Gasteiger partial charge in [-0.05, 0) is 54.7 Å². The Morgan fingerprint density at radius 3 is 2.89 bits per heavy atom. The van der Waals surface area contributed by atoms with Gasteiger partial charge in [-0.25, -0.2) is 13.2 Å². The van der Waals surface area contributed by atoms with Crippen LogP contribution in [0.3, 0.4) is 0 Å². The van der Waals surface area contributed by atoms with Crippen molar-refractivity contribution < 1.29 is 22.7 Å². The molecule has 1 unspecified atom stereocenters. The lowest BCUT2D eigenvalue weighted by Crippen LogP contribution is -2.28. The number of benzene rings is 1. The van der Waals surface area contributed by atoms with E-state index in [1.54, 1.807) is 36.5 Å². The molecule has 1 aromatic carbocycles. The number of furan rings is 1. The minimum atomic E-state index is -3.72. The molecule has 28 heavy (non-hydrogen) atoms. The van der Waals surface area contributed by atoms with Gasteiger partial charge in [0.2, 0.25) is 5.09 Å². The van der Waals surface area contributed by atoms with Crippen LogP contribution in [0.2, 0.25) is 0 Å². The number of H-pyrrole nitrogens is 1. The molecule has 1 fully saturated rings. The van der Waals surface area contributed by atoms with E-state index in [2.05, 4.69) is 10.2 Å². The van der Waals surface area contributed by atoms with Gasteiger partial charge in [-0.3, -0.25) is 5.10 Å². The predicted octanol–water partition coefficient (Wildman–Crippen LogP) is 2.62. The van der Waals surface area contributed by atoms with E-state index in [-0.39, 0.29) is 16.6 Å². The van der Waals surface area contributed by atoms with E-state index in [4.69, 9.17) is 9.52 Å². The van der Waals surface area contributed by atoms with E-state index in [1.807, 2.05) is 6.07 Å². The van der Waals surface area contributed by atoms with Crippen LogP contribution in [0.25, 0.3) is 11.5 Å². The van der Waals surface area contributed by atoms with Gasteiger partial charge in [0, 0.05) is 19.3 Å². The van der Waals surface area contributed by atoms with E-state index < -0.39 is 16.0 Å². The largest absolute Gasteiger partial charge is 0.478 e. The highest BCUT2D eigenvalue weighted by Crippen LogP contribution is 2.29. The third kappa shape index (κ3) is 3.58. The molecular formula is C19H19N3O5S. The molecule has 0 bridgehead atoms. The summed E-state index contributed by atoms with van der Waals surface area (Å²) < 4.78 is 32.7. The fraction of sp³-hybridized carbons (Fsp3) is 0.263. The lowest BCUT2D eigenvalue weighted by atomic mass is 9.97. The minimum absolute atomic E-state index is 0.0920. The molecule has 2 aromatic heterocycles. The Hall–Kier alpha value is -2.91. The maximum absolute atomic E-state index is 12.9. The number of aromatic amines is 1. The smallest absolute Gasteiger partial charge is 0.335 e. The Labute approximate surface area is 161 Å². The van der Waals surface area contributed by atoms with E-state index in [0.29, 0.717) is 37.4 Å². The summed E-state index contributed by atoms with van der Waals surface area (Å²) in [6.45, 7) is 0.783. The van der Waals surface area contributed by atoms with Crippen molar-refractivity contribution in [3.63, 3.8) is 0 Å². The molecule has 2 N–H and O–H groups in total. The van der Waals surface area contributed by atoms with Crippen LogP contribution in [0.4, 0.5) is 0 Å². The van der Waals surface area contributed by atoms with Crippen LogP contribution in [0.15, 0.2) is 58.2 Å². The van der Waals surface area contributed by atoms with Crippen molar-refractivity contribution in [3.8, 4) is 11.5 Å². The van der Waals surface area contributed by atoms with Crippen LogP contribution in [-0.4, -0.2) is 47.1 Å². The summed E-state index contributed by atoms with van der Waals surface area (Å²) in [5, 5.41) is 15.6. The second-order valence-electron chi connectivity index (χ2n) is 6.82. The number of hydrogen-bond acceptors (Lipinski definition) is 5. The standard InChI is InChI=1S/C19H19N3O5S/c23-19(24)15-3-1-2-13(11-15)10-14-7-9-22(12-14)28(25,26)18-5-4-17(27-18)16-6-8-20-21-16/h1-6,8,11,14H,7,9-10,12H2,(H,20,21)(H,23,24). The predicted molar refractivity (Wildman–Crippen MR) is 100 cm³/mol. The molecule has 8 nitrogen and oxygen atoms in total. The highest BCUT2D eigenvalue weighted by atomic mass is 32.2. The average Bonchev–Trinajstić information content (AvgIpc) is 3.42. The van der Waals surface area contributed by atoms with Gasteiger partial charge >= 0.3 is 5.97 Å². The normalized spacial score (nSPS) is 17.8. The van der Waals surface area contributed by atoms with Crippen molar-refractivity contribution in [3.05, 3.63) is 59.8 Å². The number of nitrogens with one attached hydrogen (secondary N) is 1. The molecule has 0 amide bonds. The Kier molecular flexibility index (Phi) is 4.78. The highest BCUT2D eigenvalue weighted by molar-refractivity contribution is 7.89. The van der Waals surface area contributed by atoms with Crippen LogP contribution in [0, 0.1) is 5.92 Å². The number of carbonyl (C=O) groups is 1. The molecule has 1 saturated heterocycles. The summed E-state index contributed by atoms with van der Waals surface area (Å²) in [5.74, 6) is -0.429. The molecule has 0 radical (unpaired) electrons. The Bertz CT molecular complexity index is 1090. The molecule has 3 heterocycles. The molecule has 4 rings (SSSR count). The topological polar surface area (TPSA) is 117 Å². The summed E-state index contributed by atoms with van der Waals surface area (Å²) in [6, 6.07) is 11.5. The first-order valence-corrected chi connectivity index (χ1v) is 10.3. The number of carboxylic acid groups (broad SMARTS) is 1. The number of carboxylic acids is 1. The molecule has 1 aliphatic heterocycles. The van der Waals surface area contributed by atoms with Gasteiger partial charge in [0.25, 0.3) is 10.0 Å². The monoisotopic (exact) mass is 401 g/mol. The molecule has 1 atom stereocenters. The second kappa shape index (κ2) is 7.25. The van der Waals surface area contributed by atoms with Crippen molar-refractivity contribution in [2.45, 2.75) is 17.9 Å². The number of rotatable bonds is 6. The van der Waals surface area contributed by atoms with Crippen molar-refractivity contribution in [1.29, 1.82) is 0 Å². The lowest BCUT2D eigenvalue weighted by molar-refractivity contribution is 0.0696. The van der Waals surface area contributed by atoms with Crippen molar-refractivity contribution in [2.24, 2.45) is 5.92 Å². The van der Waals surface area contributed by atoms with Gasteiger partial charge in [0.15, 0.2) is 5.76 Å². The molecule has 0 spiro atoms. The Morgan fingerprint density at radius 1 is 1.29 bits per heavy atom. The number of sulfonamides is 1. The Balaban J connectivity index is 1.46. The molecule has 0 saturated carbocycles. The molecule has 1 aliphatic rings. The van der Waals surface area contributed by atoms with Crippen LogP contribution in [0.1, 0.15) is 22.3 Å². The highest BCUT2D eigenvalue weighted by Gasteiger charge is 2.34. The second-order valence-corrected chi connectivity index (χ2v) is 8.69. The number of hydrogen-bond donors (Lipinski definition) is 2. The maximum Gasteiger partial charge on any atom is 0.335 e. The lowest BCUT2D eigenvalue weighted by Gasteiger charge is -2.15. The molecule has 0 aliphatic carbocycles. The molecule has 9 heteroatoms. The van der Waals surface area contributed by atoms with E-state index in [9.17, 15) is 13.2 Å². The van der Waals surface area contributed by atoms with Gasteiger partial charge in [0.1, 0.15) is 5.69 Å². The molecule has 146 valence electrons. The van der Waals surface area contributed by atoms with Crippen molar-refractivity contribution >= 4 is 16.0 Å². The molecule has 3 aromatic rings. The van der Waals surface area contributed by atoms with Crippen molar-refractivity contribution in [2.75, 3.05) is 13.1 Å². The van der Waals surface area contributed by atoms with Gasteiger partial charge in [-0.1, -0.05) is 12.1 Å². The van der Waals surface area contributed by atoms with E-state index >= 15 is 0 Å². The first-order chi connectivity index (χ1) is 13.4. The fourth-order valence-corrected chi connectivity index (χ4v) is 4.91. The van der Waals surface area contributed by atoms with Crippen LogP contribution in [-0.2, 0) is 16.4 Å². The molecular weight excluding hydrogens is 382 g/mol. The van der Waals surface area contributed by atoms with Crippen LogP contribution >= 0.6 is 0 Å². The van der Waals surface area contributed by atoms with Crippen molar-refractivity contribution in [1.82, 2.24) is 14.5 Å². The van der Waals surface area contributed by atoms with Gasteiger partial charge in [0.05, 0.1) is 5.56 Å². The quantitative estimate of drug-likeness (QED) is 0.656. The number of nitrogens with zero attached hydrogens (tertiary/aromatic N) is 2. The number of aromatic nitrogens is 2. The van der Waals surface area contributed by atoms with Gasteiger partial charge < -0.3 is 9.52 Å². The van der Waals surface area contributed by atoms with Gasteiger partial charge in [-0.15, -0.1) is 0 Å². The summed E-state index contributed by atoms with van der Waals surface area (Å²) >= 11 is 0. The average molecular weight is 401 g/mol. The summed E-state index contributed by atoms with van der Waals surface area (Å²) in [6.07, 6.45) is 2.91. The zero-order chi connectivity index (χ0) is 19.7. The minimum Gasteiger partial charge on any atom is -0.478 e. The van der Waals surface area contributed by atoms with Crippen LogP contribution < -0.4 is 0 Å². The summed E-state index contributed by atoms with van der Waals surface area (Å²) in [4.78, 5) is 11.1. The number of aromatic carboxylic acids is 1. The first-order valence-electron chi connectivity index (χ1n) is 8.85. The zero-order valence-electron chi connectivity index (χ0n) is 14.9. The first kappa shape index (κ1) is 18.5. The maximum atomic E-state index is 12.9. The third-order valence-corrected chi connectivity index (χ3v) is 6.63. The van der Waals surface area contributed by atoms with Crippen LogP contribution in [0.5, 0.6) is 0 Å². The van der Waals surface area contributed by atoms with E-state index in [0.717, 1.165) is 5.56 Å². The van der Waals surface area contributed by atoms with Gasteiger partial charge in [-0.2, -0.15) is 9.40 Å². The third-order valence-electron chi connectivity index (χ3n) is 4.89. The fourth-order valence-electron chi connectivity index (χ4n) is 3.47. The summed E-state index contributed by atoms with van der Waals surface area (Å²) in [5.41, 5.74) is 1.74. The summed E-state index contributed by atoms with van der Waals surface area (Å²) in [7, 11) is -3.72. The SMILES string of the molecule is O=C(O)c1cccc(CC2CCN(S(=O)(=O)c3ccc(-c4ccn[nH]4)o3)C2)c1. The van der Waals surface area contributed by atoms with E-state index in [1.165, 1.54) is 10.4 Å². The Morgan fingerprint density at radius 2 is 2.14 bits per heavy atom.